The number of carbonyl (C=O) groups excluding carboxylic acids is 1. The van der Waals surface area contributed by atoms with E-state index in [1.807, 2.05) is 18.2 Å². The van der Waals surface area contributed by atoms with Gasteiger partial charge < -0.3 is 15.3 Å². The van der Waals surface area contributed by atoms with Crippen LogP contribution in [0.1, 0.15) is 40.2 Å². The smallest absolute Gasteiger partial charge is 0.335 e. The van der Waals surface area contributed by atoms with Crippen LogP contribution < -0.4 is 5.32 Å². The van der Waals surface area contributed by atoms with E-state index in [1.165, 1.54) is 0 Å². The Labute approximate surface area is 151 Å². The summed E-state index contributed by atoms with van der Waals surface area (Å²) >= 11 is 0. The first-order valence-electron chi connectivity index (χ1n) is 8.47. The first kappa shape index (κ1) is 17.5. The maximum Gasteiger partial charge on any atom is 0.335 e. The molecule has 132 valence electrons. The summed E-state index contributed by atoms with van der Waals surface area (Å²) in [5.41, 5.74) is 2.25. The number of carboxylic acid groups (broad SMARTS) is 1. The van der Waals surface area contributed by atoms with Crippen molar-refractivity contribution in [2.45, 2.75) is 18.8 Å². The fraction of sp³-hybridized carbons (Fsp3) is 0.250. The van der Waals surface area contributed by atoms with Crippen molar-refractivity contribution >= 4 is 17.7 Å². The van der Waals surface area contributed by atoms with Crippen molar-refractivity contribution in [1.29, 1.82) is 5.26 Å². The Kier molecular flexibility index (Phi) is 5.18. The molecule has 2 N–H and O–H groups in total. The van der Waals surface area contributed by atoms with Crippen molar-refractivity contribution in [3.05, 3.63) is 65.2 Å². The van der Waals surface area contributed by atoms with Crippen LogP contribution in [-0.2, 0) is 0 Å². The fourth-order valence-electron chi connectivity index (χ4n) is 3.31. The lowest BCUT2D eigenvalue weighted by Crippen LogP contribution is -2.40. The fourth-order valence-corrected chi connectivity index (χ4v) is 3.31. The highest BCUT2D eigenvalue weighted by Crippen LogP contribution is 2.30. The summed E-state index contributed by atoms with van der Waals surface area (Å²) in [7, 11) is 0. The van der Waals surface area contributed by atoms with E-state index < -0.39 is 5.97 Å². The zero-order valence-electron chi connectivity index (χ0n) is 14.2. The third kappa shape index (κ3) is 3.83. The van der Waals surface area contributed by atoms with Crippen LogP contribution in [0, 0.1) is 11.3 Å². The molecule has 0 saturated carbocycles. The van der Waals surface area contributed by atoms with E-state index in [4.69, 9.17) is 5.26 Å². The molecule has 2 amide bonds. The number of piperidine rings is 1. The summed E-state index contributed by atoms with van der Waals surface area (Å²) in [4.78, 5) is 25.5. The number of carbonyl (C=O) groups is 2. The van der Waals surface area contributed by atoms with Crippen molar-refractivity contribution in [2.75, 3.05) is 18.4 Å². The average Bonchev–Trinajstić information content (AvgIpc) is 2.68. The van der Waals surface area contributed by atoms with Gasteiger partial charge in [-0.1, -0.05) is 24.3 Å². The molecule has 0 atom stereocenters. The van der Waals surface area contributed by atoms with Crippen molar-refractivity contribution in [1.82, 2.24) is 4.90 Å². The summed E-state index contributed by atoms with van der Waals surface area (Å²) in [5, 5.41) is 21.1. The normalized spacial score (nSPS) is 14.5. The van der Waals surface area contributed by atoms with E-state index in [-0.39, 0.29) is 11.9 Å². The second-order valence-electron chi connectivity index (χ2n) is 6.28. The molecule has 0 radical (unpaired) electrons. The van der Waals surface area contributed by atoms with Gasteiger partial charge in [-0.2, -0.15) is 5.26 Å². The Hall–Kier alpha value is -3.33. The Morgan fingerprint density at radius 2 is 1.85 bits per heavy atom. The monoisotopic (exact) mass is 349 g/mol. The van der Waals surface area contributed by atoms with Gasteiger partial charge in [0.15, 0.2) is 0 Å². The van der Waals surface area contributed by atoms with Gasteiger partial charge in [-0.05, 0) is 48.6 Å². The van der Waals surface area contributed by atoms with Gasteiger partial charge >= 0.3 is 12.0 Å². The molecule has 26 heavy (non-hydrogen) atoms. The zero-order chi connectivity index (χ0) is 18.5. The van der Waals surface area contributed by atoms with E-state index in [9.17, 15) is 14.7 Å². The number of benzene rings is 2. The molecule has 1 heterocycles. The first-order chi connectivity index (χ1) is 12.6. The Morgan fingerprint density at radius 3 is 2.54 bits per heavy atom. The number of likely N-dealkylation sites (tertiary alicyclic amines) is 1. The molecule has 3 rings (SSSR count). The molecule has 1 aliphatic heterocycles. The molecule has 0 spiro atoms. The predicted molar refractivity (Wildman–Crippen MR) is 97.1 cm³/mol. The SMILES string of the molecule is N#Cc1cccc(NC(=O)N2CCC(c3ccccc3C(=O)O)CC2)c1. The highest BCUT2D eigenvalue weighted by Gasteiger charge is 2.26. The van der Waals surface area contributed by atoms with Gasteiger partial charge in [-0.3, -0.25) is 0 Å². The Bertz CT molecular complexity index is 865. The maximum atomic E-state index is 12.4. The van der Waals surface area contributed by atoms with Gasteiger partial charge in [0.2, 0.25) is 0 Å². The Morgan fingerprint density at radius 1 is 1.12 bits per heavy atom. The largest absolute Gasteiger partial charge is 0.478 e. The van der Waals surface area contributed by atoms with Gasteiger partial charge in [0.05, 0.1) is 17.2 Å². The van der Waals surface area contributed by atoms with E-state index in [0.717, 1.165) is 18.4 Å². The minimum Gasteiger partial charge on any atom is -0.478 e. The summed E-state index contributed by atoms with van der Waals surface area (Å²) in [6, 6.07) is 15.7. The minimum absolute atomic E-state index is 0.133. The molecular formula is C20H19N3O3. The topological polar surface area (TPSA) is 93.4 Å². The van der Waals surface area contributed by atoms with Crippen LogP contribution in [0.15, 0.2) is 48.5 Å². The molecule has 0 aliphatic carbocycles. The van der Waals surface area contributed by atoms with Gasteiger partial charge in [0.1, 0.15) is 0 Å². The van der Waals surface area contributed by atoms with Crippen LogP contribution in [-0.4, -0.2) is 35.1 Å². The van der Waals surface area contributed by atoms with Gasteiger partial charge in [0.25, 0.3) is 0 Å². The number of nitrogens with zero attached hydrogens (tertiary/aromatic N) is 2. The van der Waals surface area contributed by atoms with Crippen molar-refractivity contribution in [3.63, 3.8) is 0 Å². The number of urea groups is 1. The van der Waals surface area contributed by atoms with E-state index in [0.29, 0.717) is 29.9 Å². The van der Waals surface area contributed by atoms with Crippen LogP contribution in [0.5, 0.6) is 0 Å². The predicted octanol–water partition coefficient (Wildman–Crippen LogP) is 3.67. The van der Waals surface area contributed by atoms with E-state index in [2.05, 4.69) is 5.32 Å². The molecule has 0 unspecified atom stereocenters. The van der Waals surface area contributed by atoms with Crippen molar-refractivity contribution in [2.24, 2.45) is 0 Å². The standard InChI is InChI=1S/C20H19N3O3/c21-13-14-4-3-5-16(12-14)22-20(26)23-10-8-15(9-11-23)17-6-1-2-7-18(17)19(24)25/h1-7,12,15H,8-11H2,(H,22,26)(H,24,25). The molecule has 0 bridgehead atoms. The van der Waals surface area contributed by atoms with Gasteiger partial charge in [-0.25, -0.2) is 9.59 Å². The number of carboxylic acids is 1. The number of hydrogen-bond donors (Lipinski definition) is 2. The number of anilines is 1. The second kappa shape index (κ2) is 7.70. The van der Waals surface area contributed by atoms with E-state index in [1.54, 1.807) is 41.3 Å². The van der Waals surface area contributed by atoms with Gasteiger partial charge in [0, 0.05) is 18.8 Å². The molecule has 6 nitrogen and oxygen atoms in total. The number of nitrogens with one attached hydrogen (secondary N) is 1. The number of aromatic carboxylic acids is 1. The van der Waals surface area contributed by atoms with Crippen LogP contribution in [0.4, 0.5) is 10.5 Å². The second-order valence-corrected chi connectivity index (χ2v) is 6.28. The molecule has 6 heteroatoms. The molecule has 1 aliphatic rings. The van der Waals surface area contributed by atoms with Crippen LogP contribution in [0.2, 0.25) is 0 Å². The third-order valence-corrected chi connectivity index (χ3v) is 4.66. The first-order valence-corrected chi connectivity index (χ1v) is 8.47. The highest BCUT2D eigenvalue weighted by atomic mass is 16.4. The summed E-state index contributed by atoms with van der Waals surface area (Å²) in [6.45, 7) is 1.12. The number of nitriles is 1. The average molecular weight is 349 g/mol. The summed E-state index contributed by atoms with van der Waals surface area (Å²) in [6.07, 6.45) is 1.44. The third-order valence-electron chi connectivity index (χ3n) is 4.66. The Balaban J connectivity index is 1.62. The van der Waals surface area contributed by atoms with Crippen LogP contribution in [0.25, 0.3) is 0 Å². The quantitative estimate of drug-likeness (QED) is 0.884. The molecule has 1 fully saturated rings. The lowest BCUT2D eigenvalue weighted by molar-refractivity contribution is 0.0694. The lowest BCUT2D eigenvalue weighted by atomic mass is 9.86. The molecular weight excluding hydrogens is 330 g/mol. The van der Waals surface area contributed by atoms with Crippen molar-refractivity contribution in [3.8, 4) is 6.07 Å². The molecule has 1 saturated heterocycles. The number of hydrogen-bond acceptors (Lipinski definition) is 3. The molecule has 2 aromatic carbocycles. The summed E-state index contributed by atoms with van der Waals surface area (Å²) < 4.78 is 0. The van der Waals surface area contributed by atoms with Crippen molar-refractivity contribution < 1.29 is 14.7 Å². The van der Waals surface area contributed by atoms with Crippen LogP contribution in [0.3, 0.4) is 0 Å². The summed E-state index contributed by atoms with van der Waals surface area (Å²) in [5.74, 6) is -0.786. The van der Waals surface area contributed by atoms with E-state index >= 15 is 0 Å². The van der Waals surface area contributed by atoms with Gasteiger partial charge in [-0.15, -0.1) is 0 Å². The lowest BCUT2D eigenvalue weighted by Gasteiger charge is -2.32. The zero-order valence-corrected chi connectivity index (χ0v) is 14.2. The maximum absolute atomic E-state index is 12.4. The minimum atomic E-state index is -0.918. The highest BCUT2D eigenvalue weighted by molar-refractivity contribution is 5.90. The molecule has 2 aromatic rings. The molecule has 0 aromatic heterocycles. The number of amides is 2. The number of rotatable bonds is 3. The van der Waals surface area contributed by atoms with Crippen LogP contribution >= 0.6 is 0 Å².